The summed E-state index contributed by atoms with van der Waals surface area (Å²) < 4.78 is 7.18. The van der Waals surface area contributed by atoms with Crippen LogP contribution in [-0.2, 0) is 6.42 Å². The molecule has 0 aliphatic heterocycles. The predicted molar refractivity (Wildman–Crippen MR) is 237 cm³/mol. The summed E-state index contributed by atoms with van der Waals surface area (Å²) in [5, 5.41) is 3.43. The minimum Gasteiger partial charge on any atom is -0.308 e. The molecule has 1 aliphatic carbocycles. The van der Waals surface area contributed by atoms with E-state index in [0.29, 0.717) is 0 Å². The Kier molecular flexibility index (Phi) is 6.41. The number of aromatic nitrogens is 6. The van der Waals surface area contributed by atoms with Gasteiger partial charge in [-0.25, -0.2) is 0 Å². The second kappa shape index (κ2) is 11.8. The fraction of sp³-hybridized carbons (Fsp3) is 0.0192. The molecule has 0 fully saturated rings. The number of pyridine rings is 3. The van der Waals surface area contributed by atoms with Crippen molar-refractivity contribution >= 4 is 65.8 Å². The van der Waals surface area contributed by atoms with Crippen molar-refractivity contribution in [2.24, 2.45) is 0 Å². The lowest BCUT2D eigenvalue weighted by Crippen LogP contribution is -2.01. The number of benzene rings is 6. The average Bonchev–Trinajstić information content (AvgIpc) is 4.03. The maximum Gasteiger partial charge on any atom is 0.0963 e. The lowest BCUT2D eigenvalue weighted by molar-refractivity contribution is 1.09. The second-order valence-electron chi connectivity index (χ2n) is 15.2. The Morgan fingerprint density at radius 1 is 0.345 bits per heavy atom. The van der Waals surface area contributed by atoms with E-state index in [0.717, 1.165) is 89.0 Å². The van der Waals surface area contributed by atoms with Gasteiger partial charge in [0, 0.05) is 46.9 Å². The average molecular weight is 741 g/mol. The van der Waals surface area contributed by atoms with Crippen LogP contribution in [0.25, 0.3) is 105 Å². The summed E-state index contributed by atoms with van der Waals surface area (Å²) in [6.07, 6.45) is 6.48. The van der Waals surface area contributed by atoms with Crippen molar-refractivity contribution in [3.05, 3.63) is 194 Å². The molecule has 6 aromatic carbocycles. The van der Waals surface area contributed by atoms with E-state index < -0.39 is 0 Å². The molecular formula is C52H32N6. The molecular weight excluding hydrogens is 709 g/mol. The molecule has 0 spiro atoms. The highest BCUT2D eigenvalue weighted by atomic mass is 15.0. The summed E-state index contributed by atoms with van der Waals surface area (Å²) in [4.78, 5) is 14.7. The van der Waals surface area contributed by atoms with Crippen molar-refractivity contribution in [1.82, 2.24) is 28.7 Å². The molecule has 1 aliphatic rings. The van der Waals surface area contributed by atoms with Crippen LogP contribution < -0.4 is 0 Å². The first kappa shape index (κ1) is 31.4. The lowest BCUT2D eigenvalue weighted by atomic mass is 9.96. The Hall–Kier alpha value is -7.83. The quantitative estimate of drug-likeness (QED) is 0.181. The van der Waals surface area contributed by atoms with Crippen LogP contribution in [0.2, 0.25) is 0 Å². The number of rotatable bonds is 4. The molecule has 0 bridgehead atoms. The predicted octanol–water partition coefficient (Wildman–Crippen LogP) is 12.4. The lowest BCUT2D eigenvalue weighted by Gasteiger charge is -2.16. The van der Waals surface area contributed by atoms with Crippen LogP contribution in [0.4, 0.5) is 0 Å². The zero-order valence-electron chi connectivity index (χ0n) is 31.2. The van der Waals surface area contributed by atoms with Gasteiger partial charge in [0.15, 0.2) is 0 Å². The molecule has 6 nitrogen and oxygen atoms in total. The van der Waals surface area contributed by atoms with Gasteiger partial charge in [0.2, 0.25) is 0 Å². The van der Waals surface area contributed by atoms with Crippen LogP contribution in [-0.4, -0.2) is 28.7 Å². The van der Waals surface area contributed by atoms with E-state index >= 15 is 0 Å². The second-order valence-corrected chi connectivity index (χ2v) is 15.2. The largest absolute Gasteiger partial charge is 0.308 e. The van der Waals surface area contributed by atoms with E-state index in [9.17, 15) is 0 Å². The maximum atomic E-state index is 4.94. The highest BCUT2D eigenvalue weighted by Gasteiger charge is 2.29. The Balaban J connectivity index is 1.10. The van der Waals surface area contributed by atoms with Crippen molar-refractivity contribution in [2.75, 3.05) is 0 Å². The van der Waals surface area contributed by atoms with Crippen molar-refractivity contribution in [1.29, 1.82) is 0 Å². The topological polar surface area (TPSA) is 53.5 Å². The first-order valence-electron chi connectivity index (χ1n) is 19.7. The fourth-order valence-electron chi connectivity index (χ4n) is 9.80. The van der Waals surface area contributed by atoms with E-state index in [2.05, 4.69) is 159 Å². The Morgan fingerprint density at radius 3 is 1.59 bits per heavy atom. The monoisotopic (exact) mass is 740 g/mol. The van der Waals surface area contributed by atoms with Crippen molar-refractivity contribution < 1.29 is 0 Å². The molecule has 12 aromatic rings. The minimum absolute atomic E-state index is 0.784. The van der Waals surface area contributed by atoms with Gasteiger partial charge in [0.1, 0.15) is 0 Å². The van der Waals surface area contributed by atoms with Crippen molar-refractivity contribution in [3.63, 3.8) is 0 Å². The summed E-state index contributed by atoms with van der Waals surface area (Å²) in [6.45, 7) is 0. The van der Waals surface area contributed by atoms with E-state index in [1.54, 1.807) is 0 Å². The summed E-state index contributed by atoms with van der Waals surface area (Å²) in [5.74, 6) is 0. The molecule has 0 radical (unpaired) electrons. The molecule has 270 valence electrons. The number of hydrogen-bond acceptors (Lipinski definition) is 3. The van der Waals surface area contributed by atoms with Crippen LogP contribution >= 0.6 is 0 Å². The summed E-state index contributed by atoms with van der Waals surface area (Å²) in [6, 6.07) is 59.0. The minimum atomic E-state index is 0.784. The van der Waals surface area contributed by atoms with E-state index in [-0.39, 0.29) is 0 Å². The van der Waals surface area contributed by atoms with Gasteiger partial charge in [0.05, 0.1) is 61.0 Å². The molecule has 58 heavy (non-hydrogen) atoms. The number of nitrogens with zero attached hydrogens (tertiary/aromatic N) is 6. The molecule has 13 rings (SSSR count). The summed E-state index contributed by atoms with van der Waals surface area (Å²) >= 11 is 0. The van der Waals surface area contributed by atoms with Gasteiger partial charge in [-0.15, -0.1) is 0 Å². The van der Waals surface area contributed by atoms with Gasteiger partial charge in [0.25, 0.3) is 0 Å². The molecule has 0 amide bonds. The smallest absolute Gasteiger partial charge is 0.0963 e. The van der Waals surface area contributed by atoms with Gasteiger partial charge in [-0.1, -0.05) is 72.8 Å². The maximum absolute atomic E-state index is 4.94. The normalized spacial score (nSPS) is 12.4. The molecule has 6 aromatic heterocycles. The van der Waals surface area contributed by atoms with Gasteiger partial charge >= 0.3 is 0 Å². The van der Waals surface area contributed by atoms with E-state index in [4.69, 9.17) is 15.0 Å². The van der Waals surface area contributed by atoms with Gasteiger partial charge in [-0.2, -0.15) is 0 Å². The molecule has 0 atom stereocenters. The molecule has 6 heterocycles. The molecule has 0 N–H and O–H groups in total. The third-order valence-corrected chi connectivity index (χ3v) is 12.2. The van der Waals surface area contributed by atoms with Crippen molar-refractivity contribution in [2.45, 2.75) is 6.42 Å². The Morgan fingerprint density at radius 2 is 0.897 bits per heavy atom. The zero-order valence-corrected chi connectivity index (χ0v) is 31.2. The van der Waals surface area contributed by atoms with Crippen LogP contribution in [0, 0.1) is 0 Å². The highest BCUT2D eigenvalue weighted by Crippen LogP contribution is 2.47. The van der Waals surface area contributed by atoms with E-state index in [1.807, 2.05) is 36.8 Å². The number of hydrogen-bond donors (Lipinski definition) is 0. The first-order valence-corrected chi connectivity index (χ1v) is 19.7. The van der Waals surface area contributed by atoms with Crippen LogP contribution in [0.5, 0.6) is 0 Å². The van der Waals surface area contributed by atoms with E-state index in [1.165, 1.54) is 33.6 Å². The summed E-state index contributed by atoms with van der Waals surface area (Å²) in [7, 11) is 0. The van der Waals surface area contributed by atoms with Crippen molar-refractivity contribution in [3.8, 4) is 39.3 Å². The van der Waals surface area contributed by atoms with Crippen LogP contribution in [0.1, 0.15) is 11.1 Å². The summed E-state index contributed by atoms with van der Waals surface area (Å²) in [5.41, 5.74) is 20.7. The highest BCUT2D eigenvalue weighted by molar-refractivity contribution is 6.10. The first-order chi connectivity index (χ1) is 28.8. The zero-order chi connectivity index (χ0) is 37.9. The number of fused-ring (bicyclic) bond motifs is 12. The fourth-order valence-corrected chi connectivity index (χ4v) is 9.80. The van der Waals surface area contributed by atoms with Gasteiger partial charge in [-0.3, -0.25) is 15.0 Å². The standard InChI is InChI=1S/C52H32N6/c1-2-12-34(13-3-1)56-45-24-23-32(28-41(45)52-46(56)20-9-27-55-52)33-29-38-35-16-8-19-44(57-42-17-6-4-14-36(42)50-47(57)21-10-25-53-50)39(35)31-40(38)49(30-33)58-43-18-7-5-15-37(43)51-48(58)22-11-26-54-51/h1-30H,31H2. The third kappa shape index (κ3) is 4.28. The Labute approximate surface area is 332 Å². The van der Waals surface area contributed by atoms with Crippen LogP contribution in [0.15, 0.2) is 182 Å². The molecule has 6 heteroatoms. The van der Waals surface area contributed by atoms with Gasteiger partial charge < -0.3 is 13.7 Å². The molecule has 0 saturated carbocycles. The van der Waals surface area contributed by atoms with Gasteiger partial charge in [-0.05, 0) is 124 Å². The third-order valence-electron chi connectivity index (χ3n) is 12.2. The Bertz CT molecular complexity index is 3560. The number of para-hydroxylation sites is 3. The molecule has 0 saturated heterocycles. The SMILES string of the molecule is c1ccc(-n2c3ccc(-c4cc5c(c(-n6c7ccccc7c7ncccc76)c4)Cc4c-5cccc4-n4c5ccccc5c5ncccc54)cc3c3ncccc32)cc1. The van der Waals surface area contributed by atoms with Crippen LogP contribution in [0.3, 0.4) is 0 Å². The molecule has 0 unspecified atom stereocenters.